The van der Waals surface area contributed by atoms with Crippen molar-refractivity contribution >= 4 is 28.1 Å². The van der Waals surface area contributed by atoms with Gasteiger partial charge < -0.3 is 9.80 Å². The van der Waals surface area contributed by atoms with E-state index < -0.39 is 27.5 Å². The number of halogens is 3. The number of nitro benzene ring substituents is 1. The summed E-state index contributed by atoms with van der Waals surface area (Å²) in [7, 11) is -1.65. The maximum Gasteiger partial charge on any atom is 0.416 e. The maximum atomic E-state index is 12.9. The molecule has 1 unspecified atom stereocenters. The second-order valence-electron chi connectivity index (χ2n) is 6.66. The van der Waals surface area contributed by atoms with Crippen LogP contribution in [0.1, 0.15) is 5.56 Å². The maximum absolute atomic E-state index is 12.9. The van der Waals surface area contributed by atoms with Crippen molar-refractivity contribution in [2.45, 2.75) is 11.1 Å². The number of nitrogens with zero attached hydrogens (tertiary/aromatic N) is 3. The summed E-state index contributed by atoms with van der Waals surface area (Å²) in [6, 6.07) is 10.2. The van der Waals surface area contributed by atoms with Gasteiger partial charge in [-0.15, -0.1) is 0 Å². The molecule has 2 aromatic carbocycles. The van der Waals surface area contributed by atoms with Crippen molar-refractivity contribution in [3.8, 4) is 0 Å². The van der Waals surface area contributed by atoms with Crippen LogP contribution in [0, 0.1) is 10.1 Å². The Balaban J connectivity index is 1.56. The summed E-state index contributed by atoms with van der Waals surface area (Å²) in [4.78, 5) is 26.2. The molecule has 1 amide bonds. The monoisotopic (exact) mass is 441 g/mol. The number of anilines is 1. The van der Waals surface area contributed by atoms with Crippen LogP contribution in [0.5, 0.6) is 0 Å². The van der Waals surface area contributed by atoms with Gasteiger partial charge >= 0.3 is 6.18 Å². The average molecular weight is 441 g/mol. The molecule has 30 heavy (non-hydrogen) atoms. The average Bonchev–Trinajstić information content (AvgIpc) is 2.73. The second-order valence-corrected chi connectivity index (χ2v) is 8.11. The van der Waals surface area contributed by atoms with Crippen LogP contribution in [0.15, 0.2) is 53.4 Å². The number of rotatable bonds is 5. The molecular formula is C19H18F3N3O4S. The molecule has 1 fully saturated rings. The van der Waals surface area contributed by atoms with E-state index in [1.54, 1.807) is 11.0 Å². The SMILES string of the molecule is O=C(CS(=O)c1ccc([N+](=O)[O-])cc1)N1CCN(c2cccc(C(F)(F)F)c2)CC1. The molecule has 0 saturated carbocycles. The van der Waals surface area contributed by atoms with Gasteiger partial charge in [0.25, 0.3) is 5.69 Å². The number of amides is 1. The number of non-ortho nitro benzene ring substituents is 1. The lowest BCUT2D eigenvalue weighted by Crippen LogP contribution is -2.50. The molecule has 1 aliphatic heterocycles. The minimum atomic E-state index is -4.42. The molecule has 0 aliphatic carbocycles. The predicted molar refractivity (Wildman–Crippen MR) is 105 cm³/mol. The Kier molecular flexibility index (Phi) is 6.40. The van der Waals surface area contributed by atoms with Gasteiger partial charge in [-0.3, -0.25) is 19.1 Å². The summed E-state index contributed by atoms with van der Waals surface area (Å²) >= 11 is 0. The highest BCUT2D eigenvalue weighted by Crippen LogP contribution is 2.31. The van der Waals surface area contributed by atoms with E-state index in [4.69, 9.17) is 0 Å². The molecule has 0 radical (unpaired) electrons. The van der Waals surface area contributed by atoms with Crippen LogP contribution < -0.4 is 4.90 Å². The van der Waals surface area contributed by atoms with E-state index in [1.165, 1.54) is 35.2 Å². The summed E-state index contributed by atoms with van der Waals surface area (Å²) in [5.74, 6) is -0.600. The number of alkyl halides is 3. The number of hydrogen-bond acceptors (Lipinski definition) is 5. The molecule has 3 rings (SSSR count). The summed E-state index contributed by atoms with van der Waals surface area (Å²) in [6.45, 7) is 1.31. The highest BCUT2D eigenvalue weighted by Gasteiger charge is 2.31. The van der Waals surface area contributed by atoms with Gasteiger partial charge in [0.05, 0.1) is 21.3 Å². The number of nitro groups is 1. The van der Waals surface area contributed by atoms with E-state index in [-0.39, 0.29) is 17.3 Å². The Hall–Kier alpha value is -2.95. The zero-order valence-electron chi connectivity index (χ0n) is 15.7. The van der Waals surface area contributed by atoms with Gasteiger partial charge in [0.15, 0.2) is 0 Å². The van der Waals surface area contributed by atoms with Gasteiger partial charge in [-0.05, 0) is 30.3 Å². The number of piperazine rings is 1. The molecule has 1 atom stereocenters. The van der Waals surface area contributed by atoms with Crippen molar-refractivity contribution < 1.29 is 27.1 Å². The Morgan fingerprint density at radius 1 is 1.07 bits per heavy atom. The lowest BCUT2D eigenvalue weighted by Gasteiger charge is -2.36. The third kappa shape index (κ3) is 5.15. The Morgan fingerprint density at radius 2 is 1.70 bits per heavy atom. The zero-order valence-corrected chi connectivity index (χ0v) is 16.5. The molecule has 7 nitrogen and oxygen atoms in total. The van der Waals surface area contributed by atoms with Gasteiger partial charge in [-0.25, -0.2) is 0 Å². The highest BCUT2D eigenvalue weighted by atomic mass is 32.2. The first-order valence-corrected chi connectivity index (χ1v) is 10.3. The Morgan fingerprint density at radius 3 is 2.27 bits per heavy atom. The first-order chi connectivity index (χ1) is 14.1. The van der Waals surface area contributed by atoms with Crippen LogP contribution in [0.25, 0.3) is 0 Å². The Labute approximate surface area is 172 Å². The van der Waals surface area contributed by atoms with Gasteiger partial charge in [0.2, 0.25) is 5.91 Å². The molecule has 0 N–H and O–H groups in total. The molecule has 0 spiro atoms. The lowest BCUT2D eigenvalue weighted by atomic mass is 10.1. The molecule has 160 valence electrons. The number of carbonyl (C=O) groups excluding carboxylic acids is 1. The number of hydrogen-bond donors (Lipinski definition) is 0. The van der Waals surface area contributed by atoms with Crippen LogP contribution in [-0.4, -0.2) is 51.9 Å². The van der Waals surface area contributed by atoms with Crippen LogP contribution in [-0.2, 0) is 21.8 Å². The van der Waals surface area contributed by atoms with Crippen molar-refractivity contribution in [1.29, 1.82) is 0 Å². The van der Waals surface area contributed by atoms with Gasteiger partial charge in [0.1, 0.15) is 5.75 Å². The van der Waals surface area contributed by atoms with E-state index in [0.29, 0.717) is 36.8 Å². The minimum absolute atomic E-state index is 0.132. The summed E-state index contributed by atoms with van der Waals surface area (Å²) in [5, 5.41) is 10.7. The second kappa shape index (κ2) is 8.82. The molecule has 1 aliphatic rings. The van der Waals surface area contributed by atoms with Gasteiger partial charge in [-0.2, -0.15) is 13.2 Å². The van der Waals surface area contributed by atoms with Crippen LogP contribution in [0.2, 0.25) is 0 Å². The first-order valence-electron chi connectivity index (χ1n) is 8.98. The van der Waals surface area contributed by atoms with Crippen LogP contribution in [0.4, 0.5) is 24.5 Å². The Bertz CT molecular complexity index is 958. The highest BCUT2D eigenvalue weighted by molar-refractivity contribution is 7.85. The largest absolute Gasteiger partial charge is 0.416 e. The topological polar surface area (TPSA) is 83.8 Å². The third-order valence-corrected chi connectivity index (χ3v) is 6.04. The van der Waals surface area contributed by atoms with E-state index in [1.807, 2.05) is 0 Å². The third-order valence-electron chi connectivity index (χ3n) is 4.74. The van der Waals surface area contributed by atoms with Crippen molar-refractivity contribution in [2.24, 2.45) is 0 Å². The molecule has 1 saturated heterocycles. The fraction of sp³-hybridized carbons (Fsp3) is 0.316. The quantitative estimate of drug-likeness (QED) is 0.526. The lowest BCUT2D eigenvalue weighted by molar-refractivity contribution is -0.384. The zero-order chi connectivity index (χ0) is 21.9. The predicted octanol–water partition coefficient (Wildman–Crippen LogP) is 3.07. The van der Waals surface area contributed by atoms with Crippen LogP contribution in [0.3, 0.4) is 0 Å². The molecule has 2 aromatic rings. The van der Waals surface area contributed by atoms with E-state index in [2.05, 4.69) is 0 Å². The molecule has 0 aromatic heterocycles. The van der Waals surface area contributed by atoms with E-state index in [0.717, 1.165) is 12.1 Å². The van der Waals surface area contributed by atoms with Crippen molar-refractivity contribution in [2.75, 3.05) is 36.8 Å². The number of carbonyl (C=O) groups is 1. The van der Waals surface area contributed by atoms with Crippen molar-refractivity contribution in [1.82, 2.24) is 4.90 Å². The first kappa shape index (κ1) is 21.8. The van der Waals surface area contributed by atoms with Gasteiger partial charge in [-0.1, -0.05) is 6.07 Å². The van der Waals surface area contributed by atoms with Crippen molar-refractivity contribution in [3.63, 3.8) is 0 Å². The number of benzene rings is 2. The fourth-order valence-corrected chi connectivity index (χ4v) is 4.11. The fourth-order valence-electron chi connectivity index (χ4n) is 3.10. The molecule has 0 bridgehead atoms. The minimum Gasteiger partial charge on any atom is -0.368 e. The normalized spacial score (nSPS) is 15.7. The summed E-state index contributed by atoms with van der Waals surface area (Å²) in [6.07, 6.45) is -4.42. The summed E-state index contributed by atoms with van der Waals surface area (Å²) < 4.78 is 51.1. The smallest absolute Gasteiger partial charge is 0.368 e. The molecule has 1 heterocycles. The van der Waals surface area contributed by atoms with E-state index >= 15 is 0 Å². The van der Waals surface area contributed by atoms with Crippen molar-refractivity contribution in [3.05, 3.63) is 64.2 Å². The molecule has 11 heteroatoms. The van der Waals surface area contributed by atoms with Crippen LogP contribution >= 0.6 is 0 Å². The van der Waals surface area contributed by atoms with E-state index in [9.17, 15) is 32.3 Å². The standard InChI is InChI=1S/C19H18F3N3O4S/c20-19(21,22)14-2-1-3-16(12-14)23-8-10-24(11-9-23)18(26)13-30(29)17-6-4-15(5-7-17)25(27)28/h1-7,12H,8-11,13H2. The molecular weight excluding hydrogens is 423 g/mol. The van der Waals surface area contributed by atoms with Gasteiger partial charge in [0, 0.05) is 48.9 Å². The summed E-state index contributed by atoms with van der Waals surface area (Å²) in [5.41, 5.74) is -0.420.